The molecule has 1 aromatic carbocycles. The van der Waals surface area contributed by atoms with E-state index in [1.54, 1.807) is 12.5 Å². The topological polar surface area (TPSA) is 63.6 Å². The molecule has 0 unspecified atom stereocenters. The maximum absolute atomic E-state index is 12.1. The first kappa shape index (κ1) is 13.0. The summed E-state index contributed by atoms with van der Waals surface area (Å²) in [5.74, 6) is -0.775. The molecule has 1 fully saturated rings. The lowest BCUT2D eigenvalue weighted by Gasteiger charge is -2.25. The lowest BCUT2D eigenvalue weighted by atomic mass is 9.77. The Labute approximate surface area is 128 Å². The van der Waals surface area contributed by atoms with Gasteiger partial charge in [-0.05, 0) is 40.9 Å². The summed E-state index contributed by atoms with van der Waals surface area (Å²) in [6, 6.07) is 3.68. The molecule has 0 atom stereocenters. The summed E-state index contributed by atoms with van der Waals surface area (Å²) in [5, 5.41) is 11.6. The largest absolute Gasteiger partial charge is 0.481 e. The van der Waals surface area contributed by atoms with E-state index in [0.717, 1.165) is 33.7 Å². The number of aliphatic carboxylic acids is 1. The average Bonchev–Trinajstić information content (AvgIpc) is 3.20. The quantitative estimate of drug-likeness (QED) is 0.719. The minimum Gasteiger partial charge on any atom is -0.481 e. The molecule has 1 saturated carbocycles. The van der Waals surface area contributed by atoms with Gasteiger partial charge in [-0.25, -0.2) is 0 Å². The molecular formula is C16H13BrO4. The molecule has 3 aromatic rings. The Balaban J connectivity index is 2.19. The molecular weight excluding hydrogens is 336 g/mol. The number of carboxylic acid groups (broad SMARTS) is 1. The van der Waals surface area contributed by atoms with E-state index in [0.29, 0.717) is 24.0 Å². The highest BCUT2D eigenvalue weighted by atomic mass is 79.9. The van der Waals surface area contributed by atoms with E-state index in [1.807, 2.05) is 12.1 Å². The summed E-state index contributed by atoms with van der Waals surface area (Å²) >= 11 is 3.54. The Hall–Kier alpha value is -1.75. The van der Waals surface area contributed by atoms with Crippen LogP contribution in [0.25, 0.3) is 21.9 Å². The maximum atomic E-state index is 12.1. The molecule has 21 heavy (non-hydrogen) atoms. The minimum absolute atomic E-state index is 0.639. The molecule has 108 valence electrons. The second-order valence-electron chi connectivity index (χ2n) is 5.61. The minimum atomic E-state index is -0.876. The van der Waals surface area contributed by atoms with Gasteiger partial charge in [-0.1, -0.05) is 12.8 Å². The van der Waals surface area contributed by atoms with Gasteiger partial charge in [0.1, 0.15) is 11.2 Å². The first-order valence-corrected chi connectivity index (χ1v) is 7.74. The van der Waals surface area contributed by atoms with Crippen molar-refractivity contribution in [2.45, 2.75) is 31.1 Å². The van der Waals surface area contributed by atoms with E-state index in [1.165, 1.54) is 0 Å². The summed E-state index contributed by atoms with van der Waals surface area (Å²) in [7, 11) is 0. The number of fused-ring (bicyclic) bond motifs is 2. The third kappa shape index (κ3) is 1.58. The Morgan fingerprint density at radius 2 is 1.71 bits per heavy atom. The molecule has 0 amide bonds. The Bertz CT molecular complexity index is 800. The number of rotatable bonds is 2. The fraction of sp³-hybridized carbons (Fsp3) is 0.312. The van der Waals surface area contributed by atoms with E-state index in [2.05, 4.69) is 15.9 Å². The van der Waals surface area contributed by atoms with E-state index < -0.39 is 11.4 Å². The summed E-state index contributed by atoms with van der Waals surface area (Å²) in [6.07, 6.45) is 6.32. The number of hydrogen-bond acceptors (Lipinski definition) is 3. The number of halogens is 1. The molecule has 0 aliphatic heterocycles. The van der Waals surface area contributed by atoms with Gasteiger partial charge in [0.25, 0.3) is 0 Å². The van der Waals surface area contributed by atoms with Crippen molar-refractivity contribution in [3.63, 3.8) is 0 Å². The van der Waals surface area contributed by atoms with Crippen molar-refractivity contribution in [2.75, 3.05) is 0 Å². The molecule has 1 aliphatic carbocycles. The van der Waals surface area contributed by atoms with Crippen LogP contribution < -0.4 is 0 Å². The fourth-order valence-corrected chi connectivity index (χ4v) is 4.24. The molecule has 1 N–H and O–H groups in total. The molecule has 4 nitrogen and oxygen atoms in total. The second kappa shape index (κ2) is 4.37. The first-order valence-electron chi connectivity index (χ1n) is 6.95. The third-order valence-corrected chi connectivity index (χ3v) is 5.40. The van der Waals surface area contributed by atoms with Crippen LogP contribution in [-0.2, 0) is 10.2 Å². The zero-order valence-electron chi connectivity index (χ0n) is 11.2. The summed E-state index contributed by atoms with van der Waals surface area (Å²) < 4.78 is 12.0. The molecule has 1 aliphatic rings. The zero-order valence-corrected chi connectivity index (χ0v) is 12.8. The van der Waals surface area contributed by atoms with Crippen LogP contribution in [0.3, 0.4) is 0 Å². The van der Waals surface area contributed by atoms with E-state index >= 15 is 0 Å². The Morgan fingerprint density at radius 1 is 1.10 bits per heavy atom. The van der Waals surface area contributed by atoms with Crippen LogP contribution in [-0.4, -0.2) is 11.1 Å². The second-order valence-corrected chi connectivity index (χ2v) is 6.40. The highest BCUT2D eigenvalue weighted by Crippen LogP contribution is 2.49. The standard InChI is InChI=1S/C16H13BrO4/c17-12-10-4-8-20-13(10)11(9-3-7-21-14(9)12)16(15(18)19)5-1-2-6-16/h3-4,7-8H,1-2,5-6H2,(H,18,19). The van der Waals surface area contributed by atoms with Crippen molar-refractivity contribution in [3.05, 3.63) is 34.7 Å². The number of carboxylic acids is 1. The van der Waals surface area contributed by atoms with Gasteiger partial charge in [-0.3, -0.25) is 4.79 Å². The predicted octanol–water partition coefficient (Wildman–Crippen LogP) is 4.84. The lowest BCUT2D eigenvalue weighted by Crippen LogP contribution is -2.33. The van der Waals surface area contributed by atoms with Gasteiger partial charge in [0.2, 0.25) is 0 Å². The SMILES string of the molecule is O=C(O)C1(c2c3ccoc3c(Br)c3ccoc23)CCCC1. The summed E-state index contributed by atoms with van der Waals surface area (Å²) in [4.78, 5) is 12.1. The van der Waals surface area contributed by atoms with Crippen LogP contribution in [0.2, 0.25) is 0 Å². The van der Waals surface area contributed by atoms with E-state index in [-0.39, 0.29) is 0 Å². The van der Waals surface area contributed by atoms with Gasteiger partial charge >= 0.3 is 5.97 Å². The number of carbonyl (C=O) groups is 1. The van der Waals surface area contributed by atoms with Crippen LogP contribution in [0.5, 0.6) is 0 Å². The average molecular weight is 349 g/mol. The summed E-state index contributed by atoms with van der Waals surface area (Å²) in [5.41, 5.74) is 1.23. The van der Waals surface area contributed by atoms with Gasteiger partial charge in [0.05, 0.1) is 22.4 Å². The first-order chi connectivity index (χ1) is 10.1. The van der Waals surface area contributed by atoms with Gasteiger partial charge in [-0.15, -0.1) is 0 Å². The molecule has 0 spiro atoms. The van der Waals surface area contributed by atoms with Crippen LogP contribution in [0.1, 0.15) is 31.2 Å². The van der Waals surface area contributed by atoms with Crippen LogP contribution >= 0.6 is 15.9 Å². The molecule has 5 heteroatoms. The molecule has 4 rings (SSSR count). The summed E-state index contributed by atoms with van der Waals surface area (Å²) in [6.45, 7) is 0. The van der Waals surface area contributed by atoms with Crippen molar-refractivity contribution in [1.82, 2.24) is 0 Å². The van der Waals surface area contributed by atoms with Gasteiger partial charge in [0.15, 0.2) is 0 Å². The van der Waals surface area contributed by atoms with Crippen molar-refractivity contribution in [1.29, 1.82) is 0 Å². The number of furan rings is 2. The number of benzene rings is 1. The smallest absolute Gasteiger partial charge is 0.314 e. The van der Waals surface area contributed by atoms with Crippen LogP contribution in [0.4, 0.5) is 0 Å². The lowest BCUT2D eigenvalue weighted by molar-refractivity contribution is -0.143. The van der Waals surface area contributed by atoms with Crippen molar-refractivity contribution < 1.29 is 18.7 Å². The molecule has 0 radical (unpaired) electrons. The molecule has 0 bridgehead atoms. The van der Waals surface area contributed by atoms with Crippen LogP contribution in [0.15, 0.2) is 38.0 Å². The van der Waals surface area contributed by atoms with Crippen molar-refractivity contribution in [2.24, 2.45) is 0 Å². The third-order valence-electron chi connectivity index (χ3n) is 4.61. The van der Waals surface area contributed by atoms with E-state index in [4.69, 9.17) is 8.83 Å². The molecule has 0 saturated heterocycles. The van der Waals surface area contributed by atoms with Gasteiger partial charge < -0.3 is 13.9 Å². The highest BCUT2D eigenvalue weighted by molar-refractivity contribution is 9.10. The Kier molecular flexibility index (Phi) is 2.70. The normalized spacial score (nSPS) is 17.8. The number of hydrogen-bond donors (Lipinski definition) is 1. The highest BCUT2D eigenvalue weighted by Gasteiger charge is 2.46. The zero-order chi connectivity index (χ0) is 14.6. The maximum Gasteiger partial charge on any atom is 0.314 e. The fourth-order valence-electron chi connectivity index (χ4n) is 3.62. The Morgan fingerprint density at radius 3 is 2.38 bits per heavy atom. The molecule has 2 heterocycles. The predicted molar refractivity (Wildman–Crippen MR) is 81.5 cm³/mol. The van der Waals surface area contributed by atoms with Crippen molar-refractivity contribution in [3.8, 4) is 0 Å². The molecule has 2 aromatic heterocycles. The van der Waals surface area contributed by atoms with Gasteiger partial charge in [0, 0.05) is 16.3 Å². The van der Waals surface area contributed by atoms with Gasteiger partial charge in [-0.2, -0.15) is 0 Å². The van der Waals surface area contributed by atoms with Crippen molar-refractivity contribution >= 4 is 43.8 Å². The van der Waals surface area contributed by atoms with E-state index in [9.17, 15) is 9.90 Å². The van der Waals surface area contributed by atoms with Crippen LogP contribution in [0, 0.1) is 0 Å². The monoisotopic (exact) mass is 348 g/mol.